The van der Waals surface area contributed by atoms with E-state index in [4.69, 9.17) is 5.11 Å². The van der Waals surface area contributed by atoms with Crippen LogP contribution in [-0.4, -0.2) is 21.3 Å². The zero-order chi connectivity index (χ0) is 20.2. The van der Waals surface area contributed by atoms with Crippen molar-refractivity contribution in [2.24, 2.45) is 17.8 Å². The lowest BCUT2D eigenvalue weighted by Crippen LogP contribution is -2.48. The Labute approximate surface area is 170 Å². The van der Waals surface area contributed by atoms with Crippen LogP contribution >= 0.6 is 0 Å². The SMILES string of the molecule is O=C(O)C=Cc1ccc(O)c(-c2ccc(O)c(C34CC5CC(CC(C5)C3)C4)c2)c1. The molecule has 4 nitrogen and oxygen atoms in total. The summed E-state index contributed by atoms with van der Waals surface area (Å²) in [5.74, 6) is 1.84. The van der Waals surface area contributed by atoms with Crippen molar-refractivity contribution < 1.29 is 20.1 Å². The Kier molecular flexibility index (Phi) is 4.19. The molecule has 4 aliphatic rings. The van der Waals surface area contributed by atoms with E-state index in [2.05, 4.69) is 6.07 Å². The Morgan fingerprint density at radius 1 is 0.897 bits per heavy atom. The monoisotopic (exact) mass is 390 g/mol. The third-order valence-corrected chi connectivity index (χ3v) is 7.36. The van der Waals surface area contributed by atoms with Gasteiger partial charge in [-0.3, -0.25) is 0 Å². The van der Waals surface area contributed by atoms with Crippen molar-refractivity contribution in [2.45, 2.75) is 43.9 Å². The van der Waals surface area contributed by atoms with Gasteiger partial charge in [0.2, 0.25) is 0 Å². The average Bonchev–Trinajstić information content (AvgIpc) is 2.66. The van der Waals surface area contributed by atoms with Gasteiger partial charge < -0.3 is 15.3 Å². The summed E-state index contributed by atoms with van der Waals surface area (Å²) in [4.78, 5) is 10.8. The average molecular weight is 390 g/mol. The Morgan fingerprint density at radius 3 is 2.14 bits per heavy atom. The number of aromatic hydroxyl groups is 2. The van der Waals surface area contributed by atoms with Gasteiger partial charge in [0.25, 0.3) is 0 Å². The number of hydrogen-bond donors (Lipinski definition) is 3. The van der Waals surface area contributed by atoms with Crippen molar-refractivity contribution in [1.29, 1.82) is 0 Å². The predicted molar refractivity (Wildman–Crippen MR) is 112 cm³/mol. The van der Waals surface area contributed by atoms with E-state index in [1.165, 1.54) is 25.3 Å². The molecule has 6 rings (SSSR count). The smallest absolute Gasteiger partial charge is 0.328 e. The molecule has 0 saturated heterocycles. The van der Waals surface area contributed by atoms with Crippen molar-refractivity contribution in [3.8, 4) is 22.6 Å². The summed E-state index contributed by atoms with van der Waals surface area (Å²) in [6.45, 7) is 0. The van der Waals surface area contributed by atoms with Gasteiger partial charge in [-0.25, -0.2) is 4.79 Å². The molecule has 150 valence electrons. The second-order valence-electron chi connectivity index (χ2n) is 9.38. The van der Waals surface area contributed by atoms with Crippen LogP contribution in [0.5, 0.6) is 11.5 Å². The number of phenolic OH excluding ortho intramolecular Hbond substituents is 2. The fourth-order valence-electron chi connectivity index (χ4n) is 6.62. The first-order valence-corrected chi connectivity index (χ1v) is 10.5. The number of carboxylic acids is 1. The summed E-state index contributed by atoms with van der Waals surface area (Å²) in [5, 5.41) is 30.1. The molecule has 0 atom stereocenters. The number of carboxylic acid groups (broad SMARTS) is 1. The minimum atomic E-state index is -1.01. The van der Waals surface area contributed by atoms with E-state index in [1.54, 1.807) is 24.3 Å². The lowest BCUT2D eigenvalue weighted by atomic mass is 9.48. The molecule has 0 heterocycles. The summed E-state index contributed by atoms with van der Waals surface area (Å²) >= 11 is 0. The highest BCUT2D eigenvalue weighted by Crippen LogP contribution is 2.62. The molecule has 4 saturated carbocycles. The second kappa shape index (κ2) is 6.65. The molecule has 0 radical (unpaired) electrons. The fraction of sp³-hybridized carbons (Fsp3) is 0.400. The van der Waals surface area contributed by atoms with Crippen LogP contribution in [0.3, 0.4) is 0 Å². The van der Waals surface area contributed by atoms with Crippen LogP contribution in [0.2, 0.25) is 0 Å². The second-order valence-corrected chi connectivity index (χ2v) is 9.38. The van der Waals surface area contributed by atoms with Crippen molar-refractivity contribution in [1.82, 2.24) is 0 Å². The number of phenols is 2. The molecule has 0 amide bonds. The van der Waals surface area contributed by atoms with Gasteiger partial charge in [-0.2, -0.15) is 0 Å². The normalized spacial score (nSPS) is 30.1. The minimum Gasteiger partial charge on any atom is -0.508 e. The van der Waals surface area contributed by atoms with Gasteiger partial charge in [-0.15, -0.1) is 0 Å². The minimum absolute atomic E-state index is 0.0608. The summed E-state index contributed by atoms with van der Waals surface area (Å²) in [5.41, 5.74) is 3.32. The molecule has 2 aromatic rings. The van der Waals surface area contributed by atoms with E-state index in [0.29, 0.717) is 16.9 Å². The fourth-order valence-corrected chi connectivity index (χ4v) is 6.62. The van der Waals surface area contributed by atoms with Gasteiger partial charge in [0.05, 0.1) is 0 Å². The number of rotatable bonds is 4. The lowest BCUT2D eigenvalue weighted by molar-refractivity contribution is -0.131. The van der Waals surface area contributed by atoms with E-state index >= 15 is 0 Å². The van der Waals surface area contributed by atoms with E-state index < -0.39 is 5.97 Å². The number of hydrogen-bond acceptors (Lipinski definition) is 3. The van der Waals surface area contributed by atoms with Crippen molar-refractivity contribution in [3.05, 3.63) is 53.6 Å². The molecule has 3 N–H and O–H groups in total. The highest BCUT2D eigenvalue weighted by Gasteiger charge is 2.52. The highest BCUT2D eigenvalue weighted by molar-refractivity contribution is 5.86. The van der Waals surface area contributed by atoms with Gasteiger partial charge >= 0.3 is 5.97 Å². The summed E-state index contributed by atoms with van der Waals surface area (Å²) in [7, 11) is 0. The number of aliphatic carboxylic acids is 1. The maximum Gasteiger partial charge on any atom is 0.328 e. The molecule has 0 spiro atoms. The lowest BCUT2D eigenvalue weighted by Gasteiger charge is -2.57. The summed E-state index contributed by atoms with van der Waals surface area (Å²) in [6.07, 6.45) is 10.1. The van der Waals surface area contributed by atoms with Crippen LogP contribution in [0.1, 0.15) is 49.7 Å². The standard InChI is InChI=1S/C25H26O4/c26-22-4-1-15(2-6-24(28)29)10-20(22)19-3-5-23(27)21(11-19)25-12-16-7-17(13-25)9-18(8-16)14-25/h1-6,10-11,16-18,26-27H,7-9,12-14H2,(H,28,29). The van der Waals surface area contributed by atoms with Gasteiger partial charge in [0, 0.05) is 17.2 Å². The zero-order valence-electron chi connectivity index (χ0n) is 16.3. The van der Waals surface area contributed by atoms with E-state index in [1.807, 2.05) is 6.07 Å². The van der Waals surface area contributed by atoms with E-state index in [0.717, 1.165) is 54.2 Å². The van der Waals surface area contributed by atoms with Gasteiger partial charge in [0.1, 0.15) is 11.5 Å². The van der Waals surface area contributed by atoms with Crippen LogP contribution in [0, 0.1) is 17.8 Å². The predicted octanol–water partition coefficient (Wildman–Crippen LogP) is 5.33. The summed E-state index contributed by atoms with van der Waals surface area (Å²) < 4.78 is 0. The van der Waals surface area contributed by atoms with Gasteiger partial charge in [-0.05, 0) is 103 Å². The first-order valence-electron chi connectivity index (χ1n) is 10.5. The van der Waals surface area contributed by atoms with Crippen LogP contribution in [0.15, 0.2) is 42.5 Å². The summed E-state index contributed by atoms with van der Waals surface area (Å²) in [6, 6.07) is 10.7. The quantitative estimate of drug-likeness (QED) is 0.617. The molecule has 0 unspecified atom stereocenters. The first-order chi connectivity index (χ1) is 13.9. The molecular formula is C25H26O4. The molecule has 29 heavy (non-hydrogen) atoms. The Morgan fingerprint density at radius 2 is 1.52 bits per heavy atom. The largest absolute Gasteiger partial charge is 0.508 e. The molecular weight excluding hydrogens is 364 g/mol. The Hall–Kier alpha value is -2.75. The molecule has 4 fully saturated rings. The van der Waals surface area contributed by atoms with Crippen LogP contribution < -0.4 is 0 Å². The van der Waals surface area contributed by atoms with Gasteiger partial charge in [0.15, 0.2) is 0 Å². The zero-order valence-corrected chi connectivity index (χ0v) is 16.3. The third kappa shape index (κ3) is 3.21. The van der Waals surface area contributed by atoms with E-state index in [9.17, 15) is 15.0 Å². The Balaban J connectivity index is 1.56. The maximum absolute atomic E-state index is 10.8. The molecule has 0 aliphatic heterocycles. The molecule has 4 heteroatoms. The van der Waals surface area contributed by atoms with Gasteiger partial charge in [-0.1, -0.05) is 12.1 Å². The number of benzene rings is 2. The van der Waals surface area contributed by atoms with Crippen molar-refractivity contribution >= 4 is 12.0 Å². The van der Waals surface area contributed by atoms with Crippen molar-refractivity contribution in [2.75, 3.05) is 0 Å². The molecule has 4 aliphatic carbocycles. The van der Waals surface area contributed by atoms with Crippen molar-refractivity contribution in [3.63, 3.8) is 0 Å². The Bertz CT molecular complexity index is 969. The first kappa shape index (κ1) is 18.3. The van der Waals surface area contributed by atoms with Crippen LogP contribution in [0.4, 0.5) is 0 Å². The topological polar surface area (TPSA) is 77.8 Å². The van der Waals surface area contributed by atoms with E-state index in [-0.39, 0.29) is 11.2 Å². The highest BCUT2D eigenvalue weighted by atomic mass is 16.4. The molecule has 4 bridgehead atoms. The number of carbonyl (C=O) groups is 1. The molecule has 2 aromatic carbocycles. The third-order valence-electron chi connectivity index (χ3n) is 7.36. The molecule has 0 aromatic heterocycles. The maximum atomic E-state index is 10.8. The van der Waals surface area contributed by atoms with Crippen LogP contribution in [-0.2, 0) is 10.2 Å². The van der Waals surface area contributed by atoms with Crippen LogP contribution in [0.25, 0.3) is 17.2 Å².